The van der Waals surface area contributed by atoms with Crippen LogP contribution >= 0.6 is 11.6 Å². The summed E-state index contributed by atoms with van der Waals surface area (Å²) in [5, 5.41) is 9.92. The van der Waals surface area contributed by atoms with Crippen LogP contribution in [0.15, 0.2) is 29.8 Å². The highest BCUT2D eigenvalue weighted by atomic mass is 35.5. The van der Waals surface area contributed by atoms with Crippen molar-refractivity contribution in [2.75, 3.05) is 19.8 Å². The molecule has 1 N–H and O–H groups in total. The van der Waals surface area contributed by atoms with Gasteiger partial charge in [0.2, 0.25) is 4.87 Å². The SMILES string of the molecule is CCOC(=O)C(Cl)(CCOC12CC3CC(CC(C3)C1=Cc1cccc(O)c1)C2)C(=O)OCC. The maximum atomic E-state index is 12.5. The van der Waals surface area contributed by atoms with Crippen molar-refractivity contribution in [1.82, 2.24) is 0 Å². The number of phenolic OH excluding ortho intramolecular Hbond substituents is 1. The fourth-order valence-electron chi connectivity index (χ4n) is 6.19. The van der Waals surface area contributed by atoms with Crippen LogP contribution in [0.25, 0.3) is 6.08 Å². The summed E-state index contributed by atoms with van der Waals surface area (Å²) in [7, 11) is 0. The molecule has 0 radical (unpaired) electrons. The first-order valence-corrected chi connectivity index (χ1v) is 12.4. The summed E-state index contributed by atoms with van der Waals surface area (Å²) in [6.45, 7) is 3.73. The van der Waals surface area contributed by atoms with Gasteiger partial charge in [-0.25, -0.2) is 9.59 Å². The number of hydrogen-bond acceptors (Lipinski definition) is 6. The first-order valence-electron chi connectivity index (χ1n) is 12.0. The van der Waals surface area contributed by atoms with Crippen molar-refractivity contribution < 1.29 is 28.9 Å². The molecular weight excluding hydrogens is 444 g/mol. The molecule has 4 aliphatic carbocycles. The summed E-state index contributed by atoms with van der Waals surface area (Å²) in [4.78, 5) is 23.1. The summed E-state index contributed by atoms with van der Waals surface area (Å²) in [5.41, 5.74) is 1.78. The number of rotatable bonds is 9. The molecular formula is C26H33ClO6. The van der Waals surface area contributed by atoms with Crippen LogP contribution in [-0.4, -0.2) is 47.3 Å². The van der Waals surface area contributed by atoms with E-state index in [9.17, 15) is 14.7 Å². The van der Waals surface area contributed by atoms with Gasteiger partial charge in [-0.1, -0.05) is 29.8 Å². The predicted octanol–water partition coefficient (Wildman–Crippen LogP) is 4.86. The topological polar surface area (TPSA) is 82.1 Å². The Balaban J connectivity index is 1.56. The van der Waals surface area contributed by atoms with E-state index >= 15 is 0 Å². The minimum atomic E-state index is -1.91. The van der Waals surface area contributed by atoms with E-state index in [2.05, 4.69) is 6.08 Å². The molecule has 0 aliphatic heterocycles. The molecule has 4 bridgehead atoms. The van der Waals surface area contributed by atoms with E-state index in [1.165, 1.54) is 12.0 Å². The molecule has 7 heteroatoms. The monoisotopic (exact) mass is 476 g/mol. The number of benzene rings is 1. The van der Waals surface area contributed by atoms with Gasteiger partial charge in [-0.2, -0.15) is 0 Å². The quantitative estimate of drug-likeness (QED) is 0.311. The summed E-state index contributed by atoms with van der Waals surface area (Å²) < 4.78 is 16.7. The van der Waals surface area contributed by atoms with Crippen molar-refractivity contribution >= 4 is 29.6 Å². The van der Waals surface area contributed by atoms with Gasteiger partial charge in [0.25, 0.3) is 0 Å². The van der Waals surface area contributed by atoms with Gasteiger partial charge in [0.15, 0.2) is 0 Å². The molecule has 1 aromatic rings. The van der Waals surface area contributed by atoms with Gasteiger partial charge in [-0.15, -0.1) is 0 Å². The van der Waals surface area contributed by atoms with Crippen molar-refractivity contribution in [3.63, 3.8) is 0 Å². The zero-order chi connectivity index (χ0) is 23.6. The summed E-state index contributed by atoms with van der Waals surface area (Å²) in [5.74, 6) is 0.345. The predicted molar refractivity (Wildman–Crippen MR) is 125 cm³/mol. The summed E-state index contributed by atoms with van der Waals surface area (Å²) >= 11 is 6.50. The van der Waals surface area contributed by atoms with E-state index < -0.39 is 22.4 Å². The highest BCUT2D eigenvalue weighted by Crippen LogP contribution is 2.60. The van der Waals surface area contributed by atoms with Crippen molar-refractivity contribution in [3.05, 3.63) is 35.4 Å². The second kappa shape index (κ2) is 9.67. The molecule has 0 heterocycles. The molecule has 180 valence electrons. The second-order valence-corrected chi connectivity index (χ2v) is 10.2. The third-order valence-electron chi connectivity index (χ3n) is 7.32. The van der Waals surface area contributed by atoms with Gasteiger partial charge in [0, 0.05) is 6.42 Å². The summed E-state index contributed by atoms with van der Waals surface area (Å²) in [6.07, 6.45) is 7.57. The lowest BCUT2D eigenvalue weighted by Crippen LogP contribution is -2.54. The van der Waals surface area contributed by atoms with E-state index in [0.29, 0.717) is 17.8 Å². The highest BCUT2D eigenvalue weighted by molar-refractivity contribution is 6.44. The number of hydrogen-bond donors (Lipinski definition) is 1. The highest BCUT2D eigenvalue weighted by Gasteiger charge is 2.55. The summed E-state index contributed by atoms with van der Waals surface area (Å²) in [6, 6.07) is 7.25. The Bertz CT molecular complexity index is 893. The molecule has 1 aromatic carbocycles. The van der Waals surface area contributed by atoms with E-state index in [1.54, 1.807) is 26.0 Å². The van der Waals surface area contributed by atoms with Crippen LogP contribution in [0.3, 0.4) is 0 Å². The van der Waals surface area contributed by atoms with Crippen LogP contribution in [0.1, 0.15) is 57.9 Å². The largest absolute Gasteiger partial charge is 0.508 e. The first kappa shape index (κ1) is 24.1. The lowest BCUT2D eigenvalue weighted by molar-refractivity contribution is -0.162. The Labute approximate surface area is 200 Å². The van der Waals surface area contributed by atoms with E-state index in [0.717, 1.165) is 31.2 Å². The van der Waals surface area contributed by atoms with Gasteiger partial charge in [0.05, 0.1) is 25.4 Å². The zero-order valence-electron chi connectivity index (χ0n) is 19.3. The molecule has 2 atom stereocenters. The minimum Gasteiger partial charge on any atom is -0.508 e. The van der Waals surface area contributed by atoms with Crippen LogP contribution in [0, 0.1) is 17.8 Å². The fraction of sp³-hybridized carbons (Fsp3) is 0.615. The molecule has 2 unspecified atom stereocenters. The number of ether oxygens (including phenoxy) is 3. The number of esters is 2. The minimum absolute atomic E-state index is 0.0205. The zero-order valence-corrected chi connectivity index (χ0v) is 20.1. The van der Waals surface area contributed by atoms with Crippen LogP contribution in [-0.2, 0) is 23.8 Å². The van der Waals surface area contributed by atoms with Crippen molar-refractivity contribution in [2.45, 2.75) is 62.8 Å². The van der Waals surface area contributed by atoms with Crippen molar-refractivity contribution in [1.29, 1.82) is 0 Å². The lowest BCUT2D eigenvalue weighted by atomic mass is 9.52. The lowest BCUT2D eigenvalue weighted by Gasteiger charge is -2.58. The van der Waals surface area contributed by atoms with Gasteiger partial charge in [-0.05, 0) is 87.0 Å². The van der Waals surface area contributed by atoms with E-state index in [1.807, 2.05) is 12.1 Å². The smallest absolute Gasteiger partial charge is 0.338 e. The number of phenols is 1. The van der Waals surface area contributed by atoms with Crippen LogP contribution < -0.4 is 0 Å². The average molecular weight is 477 g/mol. The molecule has 5 rings (SSSR count). The molecule has 6 nitrogen and oxygen atoms in total. The van der Waals surface area contributed by atoms with Crippen LogP contribution in [0.5, 0.6) is 5.75 Å². The molecule has 33 heavy (non-hydrogen) atoms. The maximum absolute atomic E-state index is 12.5. The van der Waals surface area contributed by atoms with E-state index in [-0.39, 0.29) is 32.0 Å². The molecule has 4 saturated carbocycles. The van der Waals surface area contributed by atoms with Gasteiger partial charge >= 0.3 is 11.9 Å². The van der Waals surface area contributed by atoms with Crippen LogP contribution in [0.2, 0.25) is 0 Å². The van der Waals surface area contributed by atoms with E-state index in [4.69, 9.17) is 25.8 Å². The van der Waals surface area contributed by atoms with Gasteiger partial charge in [0.1, 0.15) is 5.75 Å². The van der Waals surface area contributed by atoms with Crippen molar-refractivity contribution in [2.24, 2.45) is 17.8 Å². The molecule has 4 aliphatic rings. The third-order valence-corrected chi connectivity index (χ3v) is 7.82. The molecule has 0 saturated heterocycles. The van der Waals surface area contributed by atoms with Crippen LogP contribution in [0.4, 0.5) is 0 Å². The Morgan fingerprint density at radius 2 is 1.76 bits per heavy atom. The van der Waals surface area contributed by atoms with Gasteiger partial charge < -0.3 is 19.3 Å². The van der Waals surface area contributed by atoms with Gasteiger partial charge in [-0.3, -0.25) is 0 Å². The number of carbonyl (C=O) groups excluding carboxylic acids is 2. The third kappa shape index (κ3) is 4.78. The standard InChI is InChI=1S/C26H33ClO6/c1-3-31-23(29)26(27,24(30)32-4-2)8-9-33-25-15-18-10-19(16-25)12-20(11-18)22(25)14-17-6-5-7-21(28)13-17/h5-7,13-14,18-20,28H,3-4,8-12,15-16H2,1-2H3. The Morgan fingerprint density at radius 1 is 1.12 bits per heavy atom. The number of carbonyl (C=O) groups is 2. The maximum Gasteiger partial charge on any atom is 0.338 e. The fourth-order valence-corrected chi connectivity index (χ4v) is 6.37. The number of alkyl halides is 1. The number of aromatic hydroxyl groups is 1. The molecule has 4 fully saturated rings. The molecule has 0 amide bonds. The molecule has 0 aromatic heterocycles. The number of halogens is 1. The Morgan fingerprint density at radius 3 is 2.33 bits per heavy atom. The molecule has 0 spiro atoms. The Kier molecular flexibility index (Phi) is 7.06. The Hall–Kier alpha value is -2.05. The normalized spacial score (nSPS) is 29.3. The first-order chi connectivity index (χ1) is 15.8. The van der Waals surface area contributed by atoms with Crippen molar-refractivity contribution in [3.8, 4) is 5.75 Å². The average Bonchev–Trinajstić information content (AvgIpc) is 2.76. The second-order valence-electron chi connectivity index (χ2n) is 9.57.